The van der Waals surface area contributed by atoms with Crippen molar-refractivity contribution in [1.29, 1.82) is 0 Å². The highest BCUT2D eigenvalue weighted by atomic mass is 35.5. The van der Waals surface area contributed by atoms with E-state index in [2.05, 4.69) is 22.5 Å². The van der Waals surface area contributed by atoms with Crippen molar-refractivity contribution in [3.8, 4) is 0 Å². The minimum Gasteiger partial charge on any atom is -0.404 e. The van der Waals surface area contributed by atoms with E-state index in [9.17, 15) is 5.11 Å². The Labute approximate surface area is 158 Å². The summed E-state index contributed by atoms with van der Waals surface area (Å²) in [6.07, 6.45) is 5.08. The van der Waals surface area contributed by atoms with Crippen molar-refractivity contribution < 1.29 is 9.84 Å². The summed E-state index contributed by atoms with van der Waals surface area (Å²) in [4.78, 5) is 6.77. The molecule has 1 saturated heterocycles. The Morgan fingerprint density at radius 3 is 2.77 bits per heavy atom. The van der Waals surface area contributed by atoms with Crippen molar-refractivity contribution in [2.75, 3.05) is 37.8 Å². The molecule has 1 aliphatic heterocycles. The van der Waals surface area contributed by atoms with E-state index >= 15 is 0 Å². The molecule has 3 rings (SSSR count). The average molecular weight is 372 g/mol. The second kappa shape index (κ2) is 8.36. The van der Waals surface area contributed by atoms with E-state index in [0.29, 0.717) is 10.6 Å². The summed E-state index contributed by atoms with van der Waals surface area (Å²) in [5.41, 5.74) is 10.1. The van der Waals surface area contributed by atoms with Gasteiger partial charge in [-0.3, -0.25) is 4.98 Å². The van der Waals surface area contributed by atoms with Crippen LogP contribution >= 0.6 is 11.6 Å². The van der Waals surface area contributed by atoms with Gasteiger partial charge in [0.05, 0.1) is 25.3 Å². The fraction of sp³-hybridized carbons (Fsp3) is 0.250. The Morgan fingerprint density at radius 1 is 1.35 bits per heavy atom. The maximum absolute atomic E-state index is 9.46. The monoisotopic (exact) mass is 371 g/mol. The Hall–Kier alpha value is -2.34. The molecule has 0 unspecified atom stereocenters. The minimum absolute atomic E-state index is 0.201. The third-order valence-corrected chi connectivity index (χ3v) is 4.67. The summed E-state index contributed by atoms with van der Waals surface area (Å²) in [6, 6.07) is 8.02. The number of rotatable bonds is 5. The van der Waals surface area contributed by atoms with Crippen LogP contribution in [-0.2, 0) is 4.74 Å². The van der Waals surface area contributed by atoms with Crippen LogP contribution in [0.15, 0.2) is 59.9 Å². The molecule has 1 aliphatic rings. The molecule has 136 valence electrons. The van der Waals surface area contributed by atoms with Crippen molar-refractivity contribution in [2.45, 2.75) is 0 Å². The van der Waals surface area contributed by atoms with Crippen LogP contribution in [0.2, 0.25) is 0 Å². The number of pyridine rings is 1. The van der Waals surface area contributed by atoms with Gasteiger partial charge in [-0.05, 0) is 41.0 Å². The lowest BCUT2D eigenvalue weighted by atomic mass is 10.0. The Bertz CT molecular complexity index is 870. The number of benzene rings is 1. The summed E-state index contributed by atoms with van der Waals surface area (Å²) >= 11 is 5.93. The molecule has 1 aromatic carbocycles. The number of aliphatic hydroxyl groups excluding tert-OH is 1. The smallest absolute Gasteiger partial charge is 0.0723 e. The van der Waals surface area contributed by atoms with E-state index in [1.165, 1.54) is 6.20 Å². The zero-order valence-electron chi connectivity index (χ0n) is 14.5. The van der Waals surface area contributed by atoms with Gasteiger partial charge < -0.3 is 20.5 Å². The Morgan fingerprint density at radius 2 is 2.12 bits per heavy atom. The van der Waals surface area contributed by atoms with E-state index in [1.54, 1.807) is 6.08 Å². The molecule has 0 aliphatic carbocycles. The first kappa shape index (κ1) is 18.5. The third-order valence-electron chi connectivity index (χ3n) is 4.43. The zero-order chi connectivity index (χ0) is 18.5. The lowest BCUT2D eigenvalue weighted by Gasteiger charge is -2.29. The molecule has 3 N–H and O–H groups in total. The molecule has 0 spiro atoms. The molecule has 0 amide bonds. The average Bonchev–Trinajstić information content (AvgIpc) is 2.68. The zero-order valence-corrected chi connectivity index (χ0v) is 15.2. The largest absolute Gasteiger partial charge is 0.404 e. The van der Waals surface area contributed by atoms with Crippen LogP contribution in [-0.4, -0.2) is 43.0 Å². The molecule has 2 aromatic rings. The Kier molecular flexibility index (Phi) is 5.93. The van der Waals surface area contributed by atoms with E-state index in [-0.39, 0.29) is 6.61 Å². The lowest BCUT2D eigenvalue weighted by Crippen LogP contribution is -2.36. The number of aromatic nitrogens is 1. The highest BCUT2D eigenvalue weighted by molar-refractivity contribution is 6.31. The summed E-state index contributed by atoms with van der Waals surface area (Å²) in [5.74, 6) is 0. The van der Waals surface area contributed by atoms with Gasteiger partial charge in [0.1, 0.15) is 0 Å². The first-order chi connectivity index (χ1) is 12.6. The van der Waals surface area contributed by atoms with Gasteiger partial charge in [-0.15, -0.1) is 0 Å². The first-order valence-corrected chi connectivity index (χ1v) is 8.81. The van der Waals surface area contributed by atoms with Gasteiger partial charge in [0, 0.05) is 41.6 Å². The predicted octanol–water partition coefficient (Wildman–Crippen LogP) is 3.04. The van der Waals surface area contributed by atoms with Crippen molar-refractivity contribution in [1.82, 2.24) is 4.98 Å². The number of morpholine rings is 1. The van der Waals surface area contributed by atoms with Gasteiger partial charge in [-0.2, -0.15) is 0 Å². The molecule has 5 nitrogen and oxygen atoms in total. The van der Waals surface area contributed by atoms with Crippen LogP contribution in [0, 0.1) is 0 Å². The Balaban J connectivity index is 2.06. The van der Waals surface area contributed by atoms with Gasteiger partial charge in [0.2, 0.25) is 0 Å². The topological polar surface area (TPSA) is 71.6 Å². The van der Waals surface area contributed by atoms with Crippen LogP contribution in [0.1, 0.15) is 5.56 Å². The van der Waals surface area contributed by atoms with E-state index < -0.39 is 0 Å². The van der Waals surface area contributed by atoms with Crippen molar-refractivity contribution in [3.05, 3.63) is 65.5 Å². The molecule has 0 atom stereocenters. The van der Waals surface area contributed by atoms with E-state index in [0.717, 1.165) is 54.0 Å². The highest BCUT2D eigenvalue weighted by Gasteiger charge is 2.15. The van der Waals surface area contributed by atoms with E-state index in [1.807, 2.05) is 24.4 Å². The molecule has 0 radical (unpaired) electrons. The molecule has 0 saturated carbocycles. The van der Waals surface area contributed by atoms with Crippen LogP contribution < -0.4 is 10.6 Å². The third kappa shape index (κ3) is 3.90. The lowest BCUT2D eigenvalue weighted by molar-refractivity contribution is 0.123. The van der Waals surface area contributed by atoms with Crippen LogP contribution in [0.25, 0.3) is 16.5 Å². The maximum Gasteiger partial charge on any atom is 0.0723 e. The first-order valence-electron chi connectivity index (χ1n) is 8.44. The maximum atomic E-state index is 9.46. The summed E-state index contributed by atoms with van der Waals surface area (Å²) in [5, 5.41) is 10.8. The number of hydrogen-bond donors (Lipinski definition) is 2. The second-order valence-electron chi connectivity index (χ2n) is 6.02. The SMILES string of the molecule is C=C(Cl)/C(=C\C(=C/N)c1ccc2nccc(N3CCOCC3)c2c1)CO. The molecule has 6 heteroatoms. The fourth-order valence-corrected chi connectivity index (χ4v) is 3.13. The van der Waals surface area contributed by atoms with Crippen molar-refractivity contribution >= 4 is 33.8 Å². The van der Waals surface area contributed by atoms with Gasteiger partial charge >= 0.3 is 0 Å². The molecule has 2 heterocycles. The second-order valence-corrected chi connectivity index (χ2v) is 6.47. The molecule has 1 fully saturated rings. The van der Waals surface area contributed by atoms with Crippen LogP contribution in [0.5, 0.6) is 0 Å². The normalized spacial score (nSPS) is 16.2. The van der Waals surface area contributed by atoms with Gasteiger partial charge in [0.15, 0.2) is 0 Å². The highest BCUT2D eigenvalue weighted by Crippen LogP contribution is 2.30. The molecule has 1 aromatic heterocycles. The van der Waals surface area contributed by atoms with Gasteiger partial charge in [-0.1, -0.05) is 24.2 Å². The van der Waals surface area contributed by atoms with Crippen molar-refractivity contribution in [2.24, 2.45) is 5.73 Å². The molecular weight excluding hydrogens is 350 g/mol. The number of anilines is 1. The molecule has 0 bridgehead atoms. The number of allylic oxidation sites excluding steroid dienone is 2. The predicted molar refractivity (Wildman–Crippen MR) is 107 cm³/mol. The quantitative estimate of drug-likeness (QED) is 0.790. The fourth-order valence-electron chi connectivity index (χ4n) is 3.02. The number of halogens is 1. The number of ether oxygens (including phenoxy) is 1. The standard InChI is InChI=1S/C20H22ClN3O2/c1-14(21)17(13-25)10-16(12-22)15-2-3-19-18(11-15)20(4-5-23-19)24-6-8-26-9-7-24/h2-5,10-12,25H,1,6-9,13,22H2/b16-12+,17-10-. The summed E-state index contributed by atoms with van der Waals surface area (Å²) in [6.45, 7) is 6.61. The minimum atomic E-state index is -0.201. The van der Waals surface area contributed by atoms with Gasteiger partial charge in [-0.25, -0.2) is 0 Å². The van der Waals surface area contributed by atoms with Crippen LogP contribution in [0.3, 0.4) is 0 Å². The van der Waals surface area contributed by atoms with E-state index in [4.69, 9.17) is 22.1 Å². The van der Waals surface area contributed by atoms with Crippen LogP contribution in [0.4, 0.5) is 5.69 Å². The number of nitrogens with two attached hydrogens (primary N) is 1. The molecule has 26 heavy (non-hydrogen) atoms. The number of fused-ring (bicyclic) bond motifs is 1. The number of nitrogens with zero attached hydrogens (tertiary/aromatic N) is 2. The summed E-state index contributed by atoms with van der Waals surface area (Å²) in [7, 11) is 0. The number of aliphatic hydroxyl groups is 1. The number of hydrogen-bond acceptors (Lipinski definition) is 5. The molecular formula is C20H22ClN3O2. The summed E-state index contributed by atoms with van der Waals surface area (Å²) < 4.78 is 5.46. The van der Waals surface area contributed by atoms with Crippen molar-refractivity contribution in [3.63, 3.8) is 0 Å². The van der Waals surface area contributed by atoms with Gasteiger partial charge in [0.25, 0.3) is 0 Å².